The summed E-state index contributed by atoms with van der Waals surface area (Å²) < 4.78 is 42.0. The molecule has 2 aliphatic rings. The van der Waals surface area contributed by atoms with Crippen LogP contribution in [0.2, 0.25) is 5.02 Å². The summed E-state index contributed by atoms with van der Waals surface area (Å²) in [5, 5.41) is 0.636. The fraction of sp³-hybridized carbons (Fsp3) is 0.467. The molecule has 1 aromatic heterocycles. The van der Waals surface area contributed by atoms with Crippen LogP contribution in [-0.2, 0) is 9.53 Å². The molecule has 3 atom stereocenters. The van der Waals surface area contributed by atoms with Gasteiger partial charge in [-0.2, -0.15) is 4.98 Å². The Morgan fingerprint density at radius 3 is 2.60 bits per heavy atom. The normalized spacial score (nSPS) is 20.4. The molecule has 0 unspecified atom stereocenters. The van der Waals surface area contributed by atoms with Crippen molar-refractivity contribution in [3.63, 3.8) is 0 Å². The van der Waals surface area contributed by atoms with E-state index < -0.39 is 35.1 Å². The van der Waals surface area contributed by atoms with Gasteiger partial charge in [-0.3, -0.25) is 4.57 Å². The van der Waals surface area contributed by atoms with Crippen molar-refractivity contribution in [2.45, 2.75) is 71.2 Å². The van der Waals surface area contributed by atoms with E-state index in [4.69, 9.17) is 21.1 Å². The van der Waals surface area contributed by atoms with Crippen LogP contribution in [0, 0.1) is 11.6 Å². The van der Waals surface area contributed by atoms with E-state index in [1.807, 2.05) is 39.5 Å². The van der Waals surface area contributed by atoms with Crippen LogP contribution in [0.4, 0.5) is 19.4 Å². The van der Waals surface area contributed by atoms with Crippen LogP contribution in [0.5, 0.6) is 5.75 Å². The molecule has 0 saturated carbocycles. The molecule has 0 N–H and O–H groups in total. The van der Waals surface area contributed by atoms with Gasteiger partial charge in [0.2, 0.25) is 0 Å². The Morgan fingerprint density at radius 1 is 1.19 bits per heavy atom. The van der Waals surface area contributed by atoms with Gasteiger partial charge in [0.25, 0.3) is 0 Å². The fourth-order valence-corrected chi connectivity index (χ4v) is 5.99. The van der Waals surface area contributed by atoms with Gasteiger partial charge in [-0.05, 0) is 59.2 Å². The highest BCUT2D eigenvalue weighted by Crippen LogP contribution is 2.47. The lowest BCUT2D eigenvalue weighted by molar-refractivity contribution is -0.108. The van der Waals surface area contributed by atoms with Gasteiger partial charge in [-0.1, -0.05) is 11.6 Å². The Labute approximate surface area is 247 Å². The van der Waals surface area contributed by atoms with Crippen molar-refractivity contribution < 1.29 is 27.8 Å². The number of aromatic nitrogens is 2. The van der Waals surface area contributed by atoms with Gasteiger partial charge < -0.3 is 24.1 Å². The summed E-state index contributed by atoms with van der Waals surface area (Å²) in [7, 11) is 0. The number of hydrogen-bond acceptors (Lipinski definition) is 7. The quantitative estimate of drug-likeness (QED) is 0.344. The monoisotopic (exact) mass is 602 g/mol. The standard InChI is InChI=1S/C30H33ClF2N4O5/c1-16-14-36(29(40)42-30(3,4)5)17(2)13-35(16)27-21-12-22(31)24(20-9-8-18(32)11-23(20)33)26-25(21)37(28(39)34-27)19(15-41-26)7-6-10-38/h8-12,16-17,19H,6-7,13-15H2,1-5H3/t16-,17-,19+/m0/s1. The number of anilines is 1. The molecule has 9 nitrogen and oxygen atoms in total. The second-order valence-electron chi connectivity index (χ2n) is 11.9. The van der Waals surface area contributed by atoms with Gasteiger partial charge in [0.15, 0.2) is 5.75 Å². The zero-order chi connectivity index (χ0) is 30.5. The predicted octanol–water partition coefficient (Wildman–Crippen LogP) is 5.74. The highest BCUT2D eigenvalue weighted by Gasteiger charge is 2.38. The number of nitrogens with zero attached hydrogens (tertiary/aromatic N) is 4. The van der Waals surface area contributed by atoms with E-state index in [9.17, 15) is 18.8 Å². The Hall–Kier alpha value is -3.73. The summed E-state index contributed by atoms with van der Waals surface area (Å²) in [4.78, 5) is 45.9. The molecule has 0 spiro atoms. The SMILES string of the molecule is C[C@H]1CN(c2nc(=O)n3c4c(c(-c5ccc(F)cc5F)c(Cl)cc24)OC[C@H]3CCC=O)[C@@H](C)CN1C(=O)OC(C)(C)C. The molecule has 0 aliphatic carbocycles. The molecule has 5 rings (SSSR count). The zero-order valence-corrected chi connectivity index (χ0v) is 24.9. The molecule has 12 heteroatoms. The maximum absolute atomic E-state index is 15.0. The zero-order valence-electron chi connectivity index (χ0n) is 24.1. The fourth-order valence-electron chi connectivity index (χ4n) is 5.69. The van der Waals surface area contributed by atoms with E-state index in [2.05, 4.69) is 4.98 Å². The van der Waals surface area contributed by atoms with E-state index >= 15 is 4.39 Å². The molecular weight excluding hydrogens is 570 g/mol. The molecule has 42 heavy (non-hydrogen) atoms. The number of ether oxygens (including phenoxy) is 2. The summed E-state index contributed by atoms with van der Waals surface area (Å²) >= 11 is 6.78. The van der Waals surface area contributed by atoms with Crippen molar-refractivity contribution in [2.24, 2.45) is 0 Å². The average molecular weight is 603 g/mol. The average Bonchev–Trinajstić information content (AvgIpc) is 2.90. The van der Waals surface area contributed by atoms with E-state index in [1.165, 1.54) is 10.6 Å². The maximum Gasteiger partial charge on any atom is 0.410 e. The maximum atomic E-state index is 15.0. The minimum absolute atomic E-state index is 0.0231. The Bertz CT molecular complexity index is 1620. The number of carbonyl (C=O) groups excluding carboxylic acids is 2. The second-order valence-corrected chi connectivity index (χ2v) is 12.3. The summed E-state index contributed by atoms with van der Waals surface area (Å²) in [6, 6.07) is 3.75. The van der Waals surface area contributed by atoms with Gasteiger partial charge in [0.05, 0.1) is 16.6 Å². The van der Waals surface area contributed by atoms with Crippen LogP contribution in [0.25, 0.3) is 22.0 Å². The third kappa shape index (κ3) is 5.42. The lowest BCUT2D eigenvalue weighted by Gasteiger charge is -2.45. The number of hydrogen-bond donors (Lipinski definition) is 0. The number of halogens is 3. The third-order valence-electron chi connectivity index (χ3n) is 7.59. The number of rotatable bonds is 5. The Balaban J connectivity index is 1.67. The summed E-state index contributed by atoms with van der Waals surface area (Å²) in [5.74, 6) is -1.04. The minimum atomic E-state index is -0.830. The third-order valence-corrected chi connectivity index (χ3v) is 7.88. The van der Waals surface area contributed by atoms with E-state index in [-0.39, 0.29) is 47.0 Å². The van der Waals surface area contributed by atoms with Crippen molar-refractivity contribution in [3.05, 3.63) is 51.4 Å². The summed E-state index contributed by atoms with van der Waals surface area (Å²) in [6.07, 6.45) is 0.886. The number of carbonyl (C=O) groups is 2. The first kappa shape index (κ1) is 29.8. The lowest BCUT2D eigenvalue weighted by atomic mass is 9.98. The molecule has 1 saturated heterocycles. The van der Waals surface area contributed by atoms with Gasteiger partial charge in [0, 0.05) is 54.2 Å². The van der Waals surface area contributed by atoms with Gasteiger partial charge in [-0.25, -0.2) is 18.4 Å². The highest BCUT2D eigenvalue weighted by molar-refractivity contribution is 6.35. The van der Waals surface area contributed by atoms with Crippen molar-refractivity contribution >= 4 is 40.7 Å². The number of amides is 1. The first-order valence-electron chi connectivity index (χ1n) is 13.9. The van der Waals surface area contributed by atoms with Crippen LogP contribution >= 0.6 is 11.6 Å². The lowest BCUT2D eigenvalue weighted by Crippen LogP contribution is -2.59. The smallest absolute Gasteiger partial charge is 0.410 e. The molecule has 3 heterocycles. The molecule has 224 valence electrons. The van der Waals surface area contributed by atoms with Crippen molar-refractivity contribution in [2.75, 3.05) is 24.6 Å². The number of benzene rings is 2. The Kier molecular flexibility index (Phi) is 7.91. The molecule has 0 bridgehead atoms. The van der Waals surface area contributed by atoms with Crippen LogP contribution < -0.4 is 15.3 Å². The molecule has 1 fully saturated rings. The van der Waals surface area contributed by atoms with Crippen molar-refractivity contribution in [3.8, 4) is 16.9 Å². The van der Waals surface area contributed by atoms with Gasteiger partial charge >= 0.3 is 11.8 Å². The molecule has 1 amide bonds. The van der Waals surface area contributed by atoms with E-state index in [1.54, 1.807) is 11.0 Å². The number of piperazine rings is 1. The predicted molar refractivity (Wildman–Crippen MR) is 155 cm³/mol. The molecular formula is C30H33ClF2N4O5. The molecule has 3 aromatic rings. The Morgan fingerprint density at radius 2 is 1.93 bits per heavy atom. The van der Waals surface area contributed by atoms with Crippen LogP contribution in [-0.4, -0.2) is 64.2 Å². The van der Waals surface area contributed by atoms with Gasteiger partial charge in [-0.15, -0.1) is 0 Å². The van der Waals surface area contributed by atoms with E-state index in [0.717, 1.165) is 18.4 Å². The van der Waals surface area contributed by atoms with Gasteiger partial charge in [0.1, 0.15) is 35.9 Å². The summed E-state index contributed by atoms with van der Waals surface area (Å²) in [6.45, 7) is 9.94. The highest BCUT2D eigenvalue weighted by atomic mass is 35.5. The van der Waals surface area contributed by atoms with Crippen LogP contribution in [0.15, 0.2) is 29.1 Å². The first-order valence-corrected chi connectivity index (χ1v) is 14.2. The van der Waals surface area contributed by atoms with Crippen molar-refractivity contribution in [1.29, 1.82) is 0 Å². The minimum Gasteiger partial charge on any atom is -0.488 e. The largest absolute Gasteiger partial charge is 0.488 e. The topological polar surface area (TPSA) is 94.0 Å². The molecule has 0 radical (unpaired) electrons. The first-order chi connectivity index (χ1) is 19.8. The molecule has 2 aromatic carbocycles. The molecule has 2 aliphatic heterocycles. The second kappa shape index (κ2) is 11.2. The summed E-state index contributed by atoms with van der Waals surface area (Å²) in [5.41, 5.74) is -0.625. The van der Waals surface area contributed by atoms with Crippen LogP contribution in [0.1, 0.15) is 53.5 Å². The number of aldehydes is 1. The van der Waals surface area contributed by atoms with Crippen LogP contribution in [0.3, 0.4) is 0 Å². The van der Waals surface area contributed by atoms with Crippen molar-refractivity contribution in [1.82, 2.24) is 14.5 Å². The van der Waals surface area contributed by atoms with E-state index in [0.29, 0.717) is 36.2 Å².